The Kier molecular flexibility index (Phi) is 4.76. The fourth-order valence-corrected chi connectivity index (χ4v) is 4.86. The standard InChI is InChI=1S/C27H22N4O3/c32-25(18-10-11-21-22(16-18)29-24-9-4-13-31(24)27(21)34)28-20-7-3-6-19(15-20)26(33)30-14-12-17-5-1-2-8-23(17)30/h1-3,5-8,10-11,15-16H,4,9,12-14H2,(H,28,32). The number of benzene rings is 3. The van der Waals surface area contributed by atoms with Gasteiger partial charge in [-0.25, -0.2) is 4.98 Å². The minimum Gasteiger partial charge on any atom is -0.322 e. The van der Waals surface area contributed by atoms with Crippen molar-refractivity contribution in [2.75, 3.05) is 16.8 Å². The summed E-state index contributed by atoms with van der Waals surface area (Å²) in [6.45, 7) is 1.33. The molecule has 2 aliphatic rings. The van der Waals surface area contributed by atoms with Crippen LogP contribution in [0, 0.1) is 0 Å². The van der Waals surface area contributed by atoms with Crippen LogP contribution >= 0.6 is 0 Å². The molecule has 34 heavy (non-hydrogen) atoms. The van der Waals surface area contributed by atoms with Crippen LogP contribution in [0.15, 0.2) is 71.5 Å². The van der Waals surface area contributed by atoms with Gasteiger partial charge >= 0.3 is 0 Å². The van der Waals surface area contributed by atoms with Gasteiger partial charge in [0.25, 0.3) is 17.4 Å². The molecular weight excluding hydrogens is 428 g/mol. The largest absolute Gasteiger partial charge is 0.322 e. The zero-order valence-electron chi connectivity index (χ0n) is 18.5. The second-order valence-corrected chi connectivity index (χ2v) is 8.69. The molecule has 0 bridgehead atoms. The van der Waals surface area contributed by atoms with Crippen LogP contribution in [0.2, 0.25) is 0 Å². The van der Waals surface area contributed by atoms with Crippen molar-refractivity contribution in [1.29, 1.82) is 0 Å². The molecule has 168 valence electrons. The van der Waals surface area contributed by atoms with Gasteiger partial charge in [0, 0.05) is 42.0 Å². The summed E-state index contributed by atoms with van der Waals surface area (Å²) in [4.78, 5) is 45.2. The summed E-state index contributed by atoms with van der Waals surface area (Å²) in [5.41, 5.74) is 4.03. The summed E-state index contributed by atoms with van der Waals surface area (Å²) in [5, 5.41) is 3.39. The van der Waals surface area contributed by atoms with Gasteiger partial charge in [-0.3, -0.25) is 19.0 Å². The number of rotatable bonds is 3. The maximum Gasteiger partial charge on any atom is 0.261 e. The van der Waals surface area contributed by atoms with Gasteiger partial charge in [0.2, 0.25) is 0 Å². The smallest absolute Gasteiger partial charge is 0.261 e. The highest BCUT2D eigenvalue weighted by atomic mass is 16.2. The van der Waals surface area contributed by atoms with E-state index in [1.165, 1.54) is 0 Å². The SMILES string of the molecule is O=C(Nc1cccc(C(=O)N2CCc3ccccc32)c1)c1ccc2c(=O)n3c(nc2c1)CCC3. The minimum atomic E-state index is -0.319. The van der Waals surface area contributed by atoms with Crippen LogP contribution in [0.1, 0.15) is 38.5 Å². The fourth-order valence-electron chi connectivity index (χ4n) is 4.86. The Labute approximate surface area is 195 Å². The molecule has 0 saturated carbocycles. The summed E-state index contributed by atoms with van der Waals surface area (Å²) in [5.74, 6) is 0.357. The third-order valence-corrected chi connectivity index (χ3v) is 6.58. The average Bonchev–Trinajstić information content (AvgIpc) is 3.51. The lowest BCUT2D eigenvalue weighted by Crippen LogP contribution is -2.28. The fraction of sp³-hybridized carbons (Fsp3) is 0.185. The van der Waals surface area contributed by atoms with Crippen molar-refractivity contribution in [3.63, 3.8) is 0 Å². The van der Waals surface area contributed by atoms with Crippen LogP contribution in [0.4, 0.5) is 11.4 Å². The predicted molar refractivity (Wildman–Crippen MR) is 131 cm³/mol. The second kappa shape index (κ2) is 7.95. The number of para-hydroxylation sites is 1. The molecule has 0 saturated heterocycles. The first-order valence-corrected chi connectivity index (χ1v) is 11.4. The zero-order chi connectivity index (χ0) is 23.2. The van der Waals surface area contributed by atoms with Gasteiger partial charge < -0.3 is 10.2 Å². The van der Waals surface area contributed by atoms with Gasteiger partial charge in [0.15, 0.2) is 0 Å². The summed E-state index contributed by atoms with van der Waals surface area (Å²) >= 11 is 0. The van der Waals surface area contributed by atoms with E-state index in [9.17, 15) is 14.4 Å². The monoisotopic (exact) mass is 450 g/mol. The molecule has 3 heterocycles. The van der Waals surface area contributed by atoms with Crippen molar-refractivity contribution in [3.05, 3.63) is 99.6 Å². The Hall–Kier alpha value is -4.26. The molecule has 4 aromatic rings. The van der Waals surface area contributed by atoms with Gasteiger partial charge in [-0.2, -0.15) is 0 Å². The van der Waals surface area contributed by atoms with E-state index >= 15 is 0 Å². The summed E-state index contributed by atoms with van der Waals surface area (Å²) < 4.78 is 1.71. The first kappa shape index (κ1) is 20.4. The lowest BCUT2D eigenvalue weighted by Gasteiger charge is -2.18. The second-order valence-electron chi connectivity index (χ2n) is 8.69. The van der Waals surface area contributed by atoms with Crippen LogP contribution < -0.4 is 15.8 Å². The Morgan fingerprint density at radius 1 is 0.882 bits per heavy atom. The number of nitrogens with zero attached hydrogens (tertiary/aromatic N) is 3. The number of hydrogen-bond acceptors (Lipinski definition) is 4. The molecular formula is C27H22N4O3. The van der Waals surface area contributed by atoms with Gasteiger partial charge in [-0.15, -0.1) is 0 Å². The van der Waals surface area contributed by atoms with Crippen molar-refractivity contribution < 1.29 is 9.59 Å². The number of carbonyl (C=O) groups excluding carboxylic acids is 2. The Bertz CT molecular complexity index is 1540. The molecule has 0 atom stereocenters. The summed E-state index contributed by atoms with van der Waals surface area (Å²) in [6, 6.07) is 19.8. The maximum absolute atomic E-state index is 13.2. The number of fused-ring (bicyclic) bond motifs is 3. The first-order chi connectivity index (χ1) is 16.6. The lowest BCUT2D eigenvalue weighted by atomic mass is 10.1. The molecule has 0 radical (unpaired) electrons. The van der Waals surface area contributed by atoms with Crippen LogP contribution in [0.5, 0.6) is 0 Å². The van der Waals surface area contributed by atoms with Crippen LogP contribution in [0.3, 0.4) is 0 Å². The molecule has 6 rings (SSSR count). The van der Waals surface area contributed by atoms with E-state index in [1.807, 2.05) is 24.3 Å². The molecule has 3 aromatic carbocycles. The molecule has 1 N–H and O–H groups in total. The highest BCUT2D eigenvalue weighted by Gasteiger charge is 2.25. The Balaban J connectivity index is 1.25. The van der Waals surface area contributed by atoms with Gasteiger partial charge in [-0.05, 0) is 60.9 Å². The van der Waals surface area contributed by atoms with E-state index in [4.69, 9.17) is 0 Å². The van der Waals surface area contributed by atoms with Crippen LogP contribution in [-0.2, 0) is 19.4 Å². The van der Waals surface area contributed by atoms with Gasteiger partial charge in [0.05, 0.1) is 10.9 Å². The van der Waals surface area contributed by atoms with E-state index in [2.05, 4.69) is 10.3 Å². The van der Waals surface area contributed by atoms with Crippen LogP contribution in [0.25, 0.3) is 10.9 Å². The predicted octanol–water partition coefficient (Wildman–Crippen LogP) is 3.80. The number of nitrogens with one attached hydrogen (secondary N) is 1. The molecule has 2 aliphatic heterocycles. The highest BCUT2D eigenvalue weighted by molar-refractivity contribution is 6.09. The topological polar surface area (TPSA) is 84.3 Å². The van der Waals surface area contributed by atoms with E-state index in [-0.39, 0.29) is 17.4 Å². The highest BCUT2D eigenvalue weighted by Crippen LogP contribution is 2.29. The quantitative estimate of drug-likeness (QED) is 0.515. The van der Waals surface area contributed by atoms with Crippen molar-refractivity contribution in [1.82, 2.24) is 9.55 Å². The minimum absolute atomic E-state index is 0.0563. The van der Waals surface area contributed by atoms with Gasteiger partial charge in [0.1, 0.15) is 5.82 Å². The summed E-state index contributed by atoms with van der Waals surface area (Å²) in [6.07, 6.45) is 2.51. The molecule has 1 aromatic heterocycles. The van der Waals surface area contributed by atoms with Crippen molar-refractivity contribution in [3.8, 4) is 0 Å². The lowest BCUT2D eigenvalue weighted by molar-refractivity contribution is 0.0986. The molecule has 7 heteroatoms. The first-order valence-electron chi connectivity index (χ1n) is 11.4. The normalized spacial score (nSPS) is 14.2. The van der Waals surface area contributed by atoms with Crippen molar-refractivity contribution >= 4 is 34.1 Å². The number of aryl methyl sites for hydroxylation is 1. The molecule has 0 fully saturated rings. The van der Waals surface area contributed by atoms with E-state index < -0.39 is 0 Å². The van der Waals surface area contributed by atoms with Gasteiger partial charge in [-0.1, -0.05) is 24.3 Å². The third-order valence-electron chi connectivity index (χ3n) is 6.58. The number of aromatic nitrogens is 2. The molecule has 0 aliphatic carbocycles. The zero-order valence-corrected chi connectivity index (χ0v) is 18.5. The van der Waals surface area contributed by atoms with Crippen LogP contribution in [-0.4, -0.2) is 27.9 Å². The number of amides is 2. The maximum atomic E-state index is 13.2. The van der Waals surface area contributed by atoms with E-state index in [0.29, 0.717) is 40.8 Å². The van der Waals surface area contributed by atoms with Crippen molar-refractivity contribution in [2.24, 2.45) is 0 Å². The molecule has 2 amide bonds. The molecule has 0 unspecified atom stereocenters. The number of hydrogen-bond donors (Lipinski definition) is 1. The average molecular weight is 450 g/mol. The Morgan fingerprint density at radius 3 is 2.68 bits per heavy atom. The number of anilines is 2. The third kappa shape index (κ3) is 3.37. The Morgan fingerprint density at radius 2 is 1.76 bits per heavy atom. The van der Waals surface area contributed by atoms with Crippen molar-refractivity contribution in [2.45, 2.75) is 25.8 Å². The molecule has 0 spiro atoms. The van der Waals surface area contributed by atoms with E-state index in [1.54, 1.807) is 51.9 Å². The molecule has 7 nitrogen and oxygen atoms in total. The number of carbonyl (C=O) groups is 2. The van der Waals surface area contributed by atoms with E-state index in [0.717, 1.165) is 36.3 Å². The summed E-state index contributed by atoms with van der Waals surface area (Å²) in [7, 11) is 0.